The van der Waals surface area contributed by atoms with E-state index in [0.717, 1.165) is 0 Å². The molecule has 3 amide bonds. The molecule has 2 rings (SSSR count). The smallest absolute Gasteiger partial charge is 0.244 e. The topological polar surface area (TPSA) is 170 Å². The number of aromatic amines is 1. The largest absolute Gasteiger partial charge is 0.504 e. The van der Waals surface area contributed by atoms with Crippen molar-refractivity contribution < 1.29 is 24.6 Å². The molecule has 10 heteroatoms. The number of benzene rings is 1. The fourth-order valence-electron chi connectivity index (χ4n) is 2.28. The number of amides is 3. The van der Waals surface area contributed by atoms with E-state index in [0.29, 0.717) is 11.3 Å². The summed E-state index contributed by atoms with van der Waals surface area (Å²) < 4.78 is 0. The first-order valence-electron chi connectivity index (χ1n) is 8.39. The number of primary amides is 1. The number of rotatable bonds is 9. The van der Waals surface area contributed by atoms with Crippen LogP contribution in [0.3, 0.4) is 0 Å². The summed E-state index contributed by atoms with van der Waals surface area (Å²) in [6, 6.07) is 3.24. The molecule has 0 bridgehead atoms. The molecular weight excluding hydrogens is 366 g/mol. The van der Waals surface area contributed by atoms with Crippen molar-refractivity contribution >= 4 is 23.8 Å². The average Bonchev–Trinajstić information content (AvgIpc) is 3.15. The Morgan fingerprint density at radius 2 is 2.04 bits per heavy atom. The Balaban J connectivity index is 1.75. The van der Waals surface area contributed by atoms with Crippen LogP contribution in [-0.4, -0.2) is 50.5 Å². The highest BCUT2D eigenvalue weighted by atomic mass is 16.3. The molecule has 0 spiro atoms. The van der Waals surface area contributed by atoms with Gasteiger partial charge in [0.1, 0.15) is 6.04 Å². The second kappa shape index (κ2) is 9.76. The van der Waals surface area contributed by atoms with Crippen LogP contribution in [0.4, 0.5) is 0 Å². The van der Waals surface area contributed by atoms with E-state index in [4.69, 9.17) is 5.73 Å². The first-order chi connectivity index (χ1) is 13.3. The number of aromatic nitrogens is 2. The molecule has 1 atom stereocenters. The van der Waals surface area contributed by atoms with Crippen LogP contribution in [-0.2, 0) is 20.8 Å². The molecule has 0 aliphatic heterocycles. The molecule has 1 heterocycles. The summed E-state index contributed by atoms with van der Waals surface area (Å²) in [4.78, 5) is 41.8. The molecule has 7 N–H and O–H groups in total. The summed E-state index contributed by atoms with van der Waals surface area (Å²) in [5.74, 6) is -2.10. The van der Waals surface area contributed by atoms with Crippen LogP contribution in [0.15, 0.2) is 36.8 Å². The van der Waals surface area contributed by atoms with E-state index in [-0.39, 0.29) is 30.9 Å². The molecule has 0 saturated heterocycles. The summed E-state index contributed by atoms with van der Waals surface area (Å²) in [5.41, 5.74) is 6.47. The summed E-state index contributed by atoms with van der Waals surface area (Å²) in [7, 11) is 0. The minimum absolute atomic E-state index is 0.0354. The third-order valence-electron chi connectivity index (χ3n) is 3.74. The molecule has 0 aliphatic carbocycles. The number of hydrogen-bond acceptors (Lipinski definition) is 6. The normalized spacial score (nSPS) is 11.9. The van der Waals surface area contributed by atoms with E-state index in [2.05, 4.69) is 20.6 Å². The van der Waals surface area contributed by atoms with Gasteiger partial charge >= 0.3 is 0 Å². The van der Waals surface area contributed by atoms with Gasteiger partial charge < -0.3 is 31.6 Å². The minimum Gasteiger partial charge on any atom is -0.504 e. The first-order valence-corrected chi connectivity index (χ1v) is 8.39. The number of phenols is 2. The van der Waals surface area contributed by atoms with Crippen LogP contribution in [0.2, 0.25) is 0 Å². The third-order valence-corrected chi connectivity index (χ3v) is 3.74. The number of carbonyl (C=O) groups is 3. The molecule has 1 aromatic carbocycles. The van der Waals surface area contributed by atoms with Crippen molar-refractivity contribution in [1.29, 1.82) is 0 Å². The predicted molar refractivity (Wildman–Crippen MR) is 99.8 cm³/mol. The van der Waals surface area contributed by atoms with Gasteiger partial charge in [0.05, 0.1) is 6.33 Å². The predicted octanol–water partition coefficient (Wildman–Crippen LogP) is -0.447. The second-order valence-corrected chi connectivity index (χ2v) is 5.93. The van der Waals surface area contributed by atoms with E-state index in [1.165, 1.54) is 42.9 Å². The number of nitrogens with one attached hydrogen (secondary N) is 3. The standard InChI is InChI=1S/C18H21N5O5/c19-18(28)13(8-12-9-20-10-22-12)23-17(27)5-6-21-16(26)4-2-11-1-3-14(24)15(25)7-11/h1-4,7,9-10,13,24-25H,5-6,8H2,(H2,19,28)(H,20,22)(H,21,26)(H,23,27)/b4-2+/t13-/m0/s1. The van der Waals surface area contributed by atoms with Crippen molar-refractivity contribution in [2.24, 2.45) is 5.73 Å². The van der Waals surface area contributed by atoms with E-state index >= 15 is 0 Å². The maximum absolute atomic E-state index is 12.0. The highest BCUT2D eigenvalue weighted by Gasteiger charge is 2.19. The maximum atomic E-state index is 12.0. The van der Waals surface area contributed by atoms with Crippen molar-refractivity contribution in [1.82, 2.24) is 20.6 Å². The van der Waals surface area contributed by atoms with Crippen LogP contribution in [0.1, 0.15) is 17.7 Å². The number of phenolic OH excluding ortho intramolecular Hbond substituents is 2. The van der Waals surface area contributed by atoms with Gasteiger partial charge in [0.2, 0.25) is 17.7 Å². The van der Waals surface area contributed by atoms with Crippen LogP contribution >= 0.6 is 0 Å². The molecule has 148 valence electrons. The van der Waals surface area contributed by atoms with Crippen molar-refractivity contribution in [3.8, 4) is 11.5 Å². The second-order valence-electron chi connectivity index (χ2n) is 5.93. The highest BCUT2D eigenvalue weighted by molar-refractivity contribution is 5.92. The van der Waals surface area contributed by atoms with E-state index in [9.17, 15) is 24.6 Å². The Bertz CT molecular complexity index is 863. The molecule has 2 aromatic rings. The van der Waals surface area contributed by atoms with Gasteiger partial charge in [-0.3, -0.25) is 14.4 Å². The highest BCUT2D eigenvalue weighted by Crippen LogP contribution is 2.25. The quantitative estimate of drug-likeness (QED) is 0.251. The van der Waals surface area contributed by atoms with Crippen LogP contribution in [0, 0.1) is 0 Å². The number of nitrogens with zero attached hydrogens (tertiary/aromatic N) is 1. The van der Waals surface area contributed by atoms with Crippen molar-refractivity contribution in [2.45, 2.75) is 18.9 Å². The monoisotopic (exact) mass is 387 g/mol. The van der Waals surface area contributed by atoms with Gasteiger partial charge in [-0.15, -0.1) is 0 Å². The van der Waals surface area contributed by atoms with Gasteiger partial charge in [0.15, 0.2) is 11.5 Å². The number of nitrogens with two attached hydrogens (primary N) is 1. The van der Waals surface area contributed by atoms with Gasteiger partial charge in [0, 0.05) is 37.4 Å². The van der Waals surface area contributed by atoms with Gasteiger partial charge in [-0.1, -0.05) is 6.07 Å². The van der Waals surface area contributed by atoms with Crippen LogP contribution in [0.5, 0.6) is 11.5 Å². The lowest BCUT2D eigenvalue weighted by Crippen LogP contribution is -2.46. The first kappa shape index (κ1) is 20.5. The summed E-state index contributed by atoms with van der Waals surface area (Å²) in [6.07, 6.45) is 5.82. The van der Waals surface area contributed by atoms with Gasteiger partial charge in [0.25, 0.3) is 0 Å². The zero-order valence-corrected chi connectivity index (χ0v) is 14.9. The minimum atomic E-state index is -0.884. The zero-order chi connectivity index (χ0) is 20.5. The lowest BCUT2D eigenvalue weighted by atomic mass is 10.1. The van der Waals surface area contributed by atoms with E-state index in [1.807, 2.05) is 0 Å². The summed E-state index contributed by atoms with van der Waals surface area (Å²) in [6.45, 7) is 0.0609. The van der Waals surface area contributed by atoms with E-state index in [1.54, 1.807) is 0 Å². The molecule has 0 fully saturated rings. The van der Waals surface area contributed by atoms with Crippen LogP contribution in [0.25, 0.3) is 6.08 Å². The lowest BCUT2D eigenvalue weighted by Gasteiger charge is -2.14. The van der Waals surface area contributed by atoms with E-state index < -0.39 is 23.8 Å². The Labute approximate surface area is 160 Å². The fraction of sp³-hybridized carbons (Fsp3) is 0.222. The molecule has 0 unspecified atom stereocenters. The SMILES string of the molecule is NC(=O)[C@H](Cc1cnc[nH]1)NC(=O)CCNC(=O)/C=C/c1ccc(O)c(O)c1. The number of imidazole rings is 1. The molecule has 0 aliphatic rings. The number of H-pyrrole nitrogens is 1. The Hall–Kier alpha value is -3.82. The van der Waals surface area contributed by atoms with Crippen molar-refractivity contribution in [3.63, 3.8) is 0 Å². The molecule has 0 radical (unpaired) electrons. The number of hydrogen-bond donors (Lipinski definition) is 6. The Morgan fingerprint density at radius 3 is 2.68 bits per heavy atom. The summed E-state index contributed by atoms with van der Waals surface area (Å²) >= 11 is 0. The Morgan fingerprint density at radius 1 is 1.25 bits per heavy atom. The van der Waals surface area contributed by atoms with Gasteiger partial charge in [-0.05, 0) is 23.8 Å². The molecule has 1 aromatic heterocycles. The van der Waals surface area contributed by atoms with Gasteiger partial charge in [-0.2, -0.15) is 0 Å². The lowest BCUT2D eigenvalue weighted by molar-refractivity contribution is -0.127. The fourth-order valence-corrected chi connectivity index (χ4v) is 2.28. The molecule has 10 nitrogen and oxygen atoms in total. The summed E-state index contributed by atoms with van der Waals surface area (Å²) in [5, 5.41) is 23.7. The maximum Gasteiger partial charge on any atom is 0.244 e. The average molecular weight is 387 g/mol. The van der Waals surface area contributed by atoms with Crippen molar-refractivity contribution in [3.05, 3.63) is 48.1 Å². The van der Waals surface area contributed by atoms with Crippen LogP contribution < -0.4 is 16.4 Å². The molecular formula is C18H21N5O5. The van der Waals surface area contributed by atoms with Gasteiger partial charge in [-0.25, -0.2) is 4.98 Å². The van der Waals surface area contributed by atoms with Crippen molar-refractivity contribution in [2.75, 3.05) is 6.54 Å². The third kappa shape index (κ3) is 6.48. The number of carbonyl (C=O) groups excluding carboxylic acids is 3. The molecule has 0 saturated carbocycles. The molecule has 28 heavy (non-hydrogen) atoms. The number of aromatic hydroxyl groups is 2. The Kier molecular flexibility index (Phi) is 7.14. The zero-order valence-electron chi connectivity index (χ0n) is 14.9.